The molecule has 0 atom stereocenters. The third-order valence-corrected chi connectivity index (χ3v) is 6.40. The molecule has 0 unspecified atom stereocenters. The molecule has 0 N–H and O–H groups in total. The predicted molar refractivity (Wildman–Crippen MR) is 116 cm³/mol. The Balaban J connectivity index is 1.16. The molecule has 2 aromatic carbocycles. The molecule has 154 valence electrons. The minimum absolute atomic E-state index is 0.00196. The highest BCUT2D eigenvalue weighted by atomic mass is 35.5. The molecule has 1 saturated heterocycles. The zero-order valence-corrected chi connectivity index (χ0v) is 17.6. The zero-order valence-electron chi connectivity index (χ0n) is 16.0. The molecule has 2 aliphatic rings. The minimum atomic E-state index is -0.00196. The van der Waals surface area contributed by atoms with Crippen molar-refractivity contribution in [3.63, 3.8) is 0 Å². The minimum Gasteiger partial charge on any atom is -0.467 e. The van der Waals surface area contributed by atoms with E-state index in [4.69, 9.17) is 25.8 Å². The summed E-state index contributed by atoms with van der Waals surface area (Å²) in [5.41, 5.74) is 1.68. The summed E-state index contributed by atoms with van der Waals surface area (Å²) >= 11 is 7.69. The Bertz CT molecular complexity index is 1120. The van der Waals surface area contributed by atoms with Crippen LogP contribution in [0.5, 0.6) is 16.7 Å². The molecule has 5 rings (SSSR count). The Kier molecular flexibility index (Phi) is 5.23. The second-order valence-corrected chi connectivity index (χ2v) is 8.56. The first-order valence-electron chi connectivity index (χ1n) is 9.74. The van der Waals surface area contributed by atoms with Crippen molar-refractivity contribution in [3.05, 3.63) is 53.1 Å². The fraction of sp³-hybridized carbons (Fsp3) is 0.273. The summed E-state index contributed by atoms with van der Waals surface area (Å²) in [7, 11) is 0. The van der Waals surface area contributed by atoms with Gasteiger partial charge in [0.25, 0.3) is 5.19 Å². The highest BCUT2D eigenvalue weighted by molar-refractivity contribution is 7.20. The zero-order chi connectivity index (χ0) is 20.5. The lowest BCUT2D eigenvalue weighted by molar-refractivity contribution is -0.127. The number of hydrogen-bond donors (Lipinski definition) is 0. The largest absolute Gasteiger partial charge is 0.467 e. The molecule has 1 amide bonds. The summed E-state index contributed by atoms with van der Waals surface area (Å²) in [6.07, 6.45) is 5.00. The van der Waals surface area contributed by atoms with E-state index in [0.29, 0.717) is 29.1 Å². The number of nitrogens with zero attached hydrogens (tertiary/aromatic N) is 2. The molecule has 3 heterocycles. The molecule has 3 aromatic rings. The number of likely N-dealkylation sites (tertiary alicyclic amines) is 1. The Morgan fingerprint density at radius 1 is 1.20 bits per heavy atom. The number of amides is 1. The van der Waals surface area contributed by atoms with Crippen molar-refractivity contribution in [2.24, 2.45) is 0 Å². The summed E-state index contributed by atoms with van der Waals surface area (Å²) in [4.78, 5) is 18.9. The third kappa shape index (κ3) is 3.95. The van der Waals surface area contributed by atoms with Gasteiger partial charge in [0.1, 0.15) is 11.6 Å². The topological polar surface area (TPSA) is 60.9 Å². The number of carbonyl (C=O) groups is 1. The molecular formula is C22H19ClN2O4S. The second-order valence-electron chi connectivity index (χ2n) is 7.15. The van der Waals surface area contributed by atoms with Crippen molar-refractivity contribution >= 4 is 45.1 Å². The van der Waals surface area contributed by atoms with Crippen LogP contribution in [0.2, 0.25) is 5.02 Å². The van der Waals surface area contributed by atoms with E-state index in [1.54, 1.807) is 12.2 Å². The van der Waals surface area contributed by atoms with E-state index in [-0.39, 0.29) is 18.8 Å². The van der Waals surface area contributed by atoms with Crippen LogP contribution in [0.1, 0.15) is 18.4 Å². The highest BCUT2D eigenvalue weighted by Gasteiger charge is 2.24. The van der Waals surface area contributed by atoms with Crippen molar-refractivity contribution in [1.82, 2.24) is 9.88 Å². The van der Waals surface area contributed by atoms with E-state index in [2.05, 4.69) is 4.98 Å². The first-order valence-corrected chi connectivity index (χ1v) is 10.9. The molecular weight excluding hydrogens is 424 g/mol. The molecule has 0 bridgehead atoms. The average Bonchev–Trinajstić information content (AvgIpc) is 3.39. The van der Waals surface area contributed by atoms with Crippen LogP contribution in [0, 0.1) is 0 Å². The van der Waals surface area contributed by atoms with Crippen LogP contribution in [0.15, 0.2) is 42.5 Å². The van der Waals surface area contributed by atoms with Gasteiger partial charge in [-0.1, -0.05) is 35.1 Å². The monoisotopic (exact) mass is 442 g/mol. The van der Waals surface area contributed by atoms with E-state index >= 15 is 0 Å². The van der Waals surface area contributed by atoms with Crippen LogP contribution in [0.3, 0.4) is 0 Å². The Morgan fingerprint density at radius 3 is 2.87 bits per heavy atom. The normalized spacial score (nSPS) is 16.5. The predicted octanol–water partition coefficient (Wildman–Crippen LogP) is 4.76. The van der Waals surface area contributed by atoms with Crippen LogP contribution in [-0.2, 0) is 4.79 Å². The lowest BCUT2D eigenvalue weighted by Gasteiger charge is -2.30. The lowest BCUT2D eigenvalue weighted by atomic mass is 10.1. The number of fused-ring (bicyclic) bond motifs is 2. The first-order chi connectivity index (χ1) is 14.7. The average molecular weight is 443 g/mol. The fourth-order valence-corrected chi connectivity index (χ4v) is 4.75. The van der Waals surface area contributed by atoms with Gasteiger partial charge in [0, 0.05) is 32.0 Å². The van der Waals surface area contributed by atoms with E-state index in [1.807, 2.05) is 41.3 Å². The Hall–Kier alpha value is -2.77. The lowest BCUT2D eigenvalue weighted by Crippen LogP contribution is -2.41. The number of thiazole rings is 1. The van der Waals surface area contributed by atoms with E-state index in [1.165, 1.54) is 11.3 Å². The molecule has 30 heavy (non-hydrogen) atoms. The van der Waals surface area contributed by atoms with Crippen molar-refractivity contribution in [2.45, 2.75) is 18.9 Å². The summed E-state index contributed by atoms with van der Waals surface area (Å²) in [6.45, 7) is 1.55. The van der Waals surface area contributed by atoms with Gasteiger partial charge in [-0.15, -0.1) is 0 Å². The van der Waals surface area contributed by atoms with Gasteiger partial charge in [0.2, 0.25) is 12.7 Å². The number of carbonyl (C=O) groups excluding carboxylic acids is 1. The summed E-state index contributed by atoms with van der Waals surface area (Å²) in [5, 5.41) is 1.26. The van der Waals surface area contributed by atoms with Crippen LogP contribution in [-0.4, -0.2) is 41.8 Å². The Labute approximate surface area is 182 Å². The maximum atomic E-state index is 12.5. The van der Waals surface area contributed by atoms with Crippen LogP contribution >= 0.6 is 22.9 Å². The summed E-state index contributed by atoms with van der Waals surface area (Å²) in [6, 6.07) is 11.4. The number of halogens is 1. The van der Waals surface area contributed by atoms with Crippen LogP contribution < -0.4 is 14.2 Å². The van der Waals surface area contributed by atoms with Gasteiger partial charge in [0.15, 0.2) is 11.5 Å². The number of benzene rings is 2. The quantitative estimate of drug-likeness (QED) is 0.545. The van der Waals surface area contributed by atoms with Gasteiger partial charge >= 0.3 is 0 Å². The van der Waals surface area contributed by atoms with Crippen LogP contribution in [0.4, 0.5) is 0 Å². The smallest absolute Gasteiger partial charge is 0.274 e. The molecule has 1 fully saturated rings. The van der Waals surface area contributed by atoms with E-state index in [0.717, 1.165) is 34.4 Å². The van der Waals surface area contributed by atoms with E-state index < -0.39 is 0 Å². The van der Waals surface area contributed by atoms with Crippen molar-refractivity contribution in [2.75, 3.05) is 19.9 Å². The summed E-state index contributed by atoms with van der Waals surface area (Å²) < 4.78 is 17.8. The number of ether oxygens (including phenoxy) is 3. The van der Waals surface area contributed by atoms with Crippen molar-refractivity contribution in [3.8, 4) is 16.7 Å². The third-order valence-electron chi connectivity index (χ3n) is 5.19. The molecule has 0 aliphatic carbocycles. The fourth-order valence-electron chi connectivity index (χ4n) is 3.57. The number of piperidine rings is 1. The van der Waals surface area contributed by atoms with Gasteiger partial charge in [0.05, 0.1) is 9.72 Å². The molecule has 0 radical (unpaired) electrons. The van der Waals surface area contributed by atoms with Gasteiger partial charge in [-0.2, -0.15) is 0 Å². The molecule has 2 aliphatic heterocycles. The number of para-hydroxylation sites is 1. The Morgan fingerprint density at radius 2 is 2.03 bits per heavy atom. The SMILES string of the molecule is O=C(/C=C/c1ccc2c(c1)OCO2)N1CCC(Oc2nc3c(Cl)cccc3s2)CC1. The van der Waals surface area contributed by atoms with Crippen molar-refractivity contribution in [1.29, 1.82) is 0 Å². The van der Waals surface area contributed by atoms with Gasteiger partial charge in [-0.25, -0.2) is 4.98 Å². The standard InChI is InChI=1S/C22H19ClN2O4S/c23-16-2-1-3-19-21(16)24-22(30-19)29-15-8-10-25(11-9-15)20(26)7-5-14-4-6-17-18(12-14)28-13-27-17/h1-7,12,15H,8-11,13H2/b7-5+. The van der Waals surface area contributed by atoms with Gasteiger partial charge < -0.3 is 19.1 Å². The number of aromatic nitrogens is 1. The molecule has 8 heteroatoms. The van der Waals surface area contributed by atoms with Gasteiger partial charge in [-0.3, -0.25) is 4.79 Å². The number of rotatable bonds is 4. The van der Waals surface area contributed by atoms with Crippen LogP contribution in [0.25, 0.3) is 16.3 Å². The maximum Gasteiger partial charge on any atom is 0.274 e. The summed E-state index contributed by atoms with van der Waals surface area (Å²) in [5.74, 6) is 1.44. The van der Waals surface area contributed by atoms with E-state index in [9.17, 15) is 4.79 Å². The van der Waals surface area contributed by atoms with Gasteiger partial charge in [-0.05, 0) is 35.9 Å². The second kappa shape index (κ2) is 8.16. The molecule has 6 nitrogen and oxygen atoms in total. The van der Waals surface area contributed by atoms with Crippen molar-refractivity contribution < 1.29 is 19.0 Å². The number of hydrogen-bond acceptors (Lipinski definition) is 6. The maximum absolute atomic E-state index is 12.5. The molecule has 0 spiro atoms. The highest BCUT2D eigenvalue weighted by Crippen LogP contribution is 2.34. The first kappa shape index (κ1) is 19.2. The molecule has 0 saturated carbocycles. The molecule has 1 aromatic heterocycles.